The maximum Gasteiger partial charge on any atom is 0.375 e. The van der Waals surface area contributed by atoms with E-state index in [1.165, 1.54) is 19.1 Å². The minimum absolute atomic E-state index is 0.0875. The van der Waals surface area contributed by atoms with Crippen LogP contribution in [0, 0.1) is 0 Å². The van der Waals surface area contributed by atoms with E-state index in [9.17, 15) is 19.2 Å². The second kappa shape index (κ2) is 7.18. The number of rotatable bonds is 6. The lowest BCUT2D eigenvalue weighted by molar-refractivity contribution is -0.153. The summed E-state index contributed by atoms with van der Waals surface area (Å²) in [7, 11) is 0. The Hall–Kier alpha value is -2.50. The first-order valence-electron chi connectivity index (χ1n) is 6.04. The van der Waals surface area contributed by atoms with Crippen molar-refractivity contribution in [1.82, 2.24) is 0 Å². The van der Waals surface area contributed by atoms with Gasteiger partial charge < -0.3 is 10.1 Å². The molecule has 0 saturated carbocycles. The molecule has 0 atom stereocenters. The van der Waals surface area contributed by atoms with E-state index in [1.807, 2.05) is 0 Å². The van der Waals surface area contributed by atoms with Gasteiger partial charge in [-0.3, -0.25) is 14.4 Å². The molecule has 106 valence electrons. The zero-order valence-corrected chi connectivity index (χ0v) is 11.3. The van der Waals surface area contributed by atoms with Gasteiger partial charge in [0.1, 0.15) is 0 Å². The molecule has 0 radical (unpaired) electrons. The maximum atomic E-state index is 11.8. The zero-order valence-electron chi connectivity index (χ0n) is 11.3. The van der Waals surface area contributed by atoms with Crippen molar-refractivity contribution in [2.24, 2.45) is 0 Å². The van der Waals surface area contributed by atoms with Gasteiger partial charge in [0, 0.05) is 18.2 Å². The average Bonchev–Trinajstić information content (AvgIpc) is 2.39. The lowest BCUT2D eigenvalue weighted by Crippen LogP contribution is -2.20. The van der Waals surface area contributed by atoms with E-state index in [2.05, 4.69) is 10.1 Å². The number of carbonyl (C=O) groups excluding carboxylic acids is 4. The first kappa shape index (κ1) is 15.6. The zero-order chi connectivity index (χ0) is 15.1. The largest absolute Gasteiger partial charge is 0.460 e. The fraction of sp³-hybridized carbons (Fsp3) is 0.286. The molecule has 1 amide bonds. The molecule has 6 heteroatoms. The van der Waals surface area contributed by atoms with Crippen LogP contribution in [0.25, 0.3) is 0 Å². The fourth-order valence-corrected chi connectivity index (χ4v) is 1.47. The number of esters is 1. The first-order chi connectivity index (χ1) is 9.43. The Morgan fingerprint density at radius 2 is 1.70 bits per heavy atom. The van der Waals surface area contributed by atoms with Crippen LogP contribution >= 0.6 is 0 Å². The molecule has 0 aromatic heterocycles. The van der Waals surface area contributed by atoms with Crippen LogP contribution in [0.3, 0.4) is 0 Å². The summed E-state index contributed by atoms with van der Waals surface area (Å²) in [6, 6.07) is 6.05. The summed E-state index contributed by atoms with van der Waals surface area (Å²) in [5.74, 6) is -2.57. The summed E-state index contributed by atoms with van der Waals surface area (Å²) in [6.07, 6.45) is -0.529. The Kier molecular flexibility index (Phi) is 5.58. The van der Waals surface area contributed by atoms with Crippen molar-refractivity contribution in [1.29, 1.82) is 0 Å². The molecule has 0 fully saturated rings. The van der Waals surface area contributed by atoms with Gasteiger partial charge in [-0.25, -0.2) is 4.79 Å². The molecule has 0 aliphatic heterocycles. The van der Waals surface area contributed by atoms with Crippen LogP contribution in [-0.4, -0.2) is 30.0 Å². The van der Waals surface area contributed by atoms with Crippen molar-refractivity contribution in [3.05, 3.63) is 29.8 Å². The van der Waals surface area contributed by atoms with Gasteiger partial charge in [0.2, 0.25) is 11.7 Å². The standard InChI is InChI=1S/C14H15NO5/c1-3-20-14(19)13(18)8-12(17)10-4-6-11(7-5-10)15-9(2)16/h4-7H,3,8H2,1-2H3,(H,15,16). The highest BCUT2D eigenvalue weighted by Gasteiger charge is 2.19. The van der Waals surface area contributed by atoms with Crippen molar-refractivity contribution < 1.29 is 23.9 Å². The number of ketones is 2. The summed E-state index contributed by atoms with van der Waals surface area (Å²) >= 11 is 0. The van der Waals surface area contributed by atoms with Crippen molar-refractivity contribution in [3.8, 4) is 0 Å². The van der Waals surface area contributed by atoms with Crippen LogP contribution in [0.1, 0.15) is 30.6 Å². The van der Waals surface area contributed by atoms with Gasteiger partial charge in [-0.15, -0.1) is 0 Å². The molecule has 1 aromatic rings. The number of carbonyl (C=O) groups is 4. The third-order valence-corrected chi connectivity index (χ3v) is 2.35. The second-order valence-electron chi connectivity index (χ2n) is 4.00. The van der Waals surface area contributed by atoms with E-state index in [4.69, 9.17) is 0 Å². The molecule has 0 aliphatic carbocycles. The Bertz CT molecular complexity index is 533. The predicted molar refractivity (Wildman–Crippen MR) is 71.3 cm³/mol. The summed E-state index contributed by atoms with van der Waals surface area (Å²) in [5.41, 5.74) is 0.836. The quantitative estimate of drug-likeness (QED) is 0.367. The summed E-state index contributed by atoms with van der Waals surface area (Å²) in [5, 5.41) is 2.56. The fourth-order valence-electron chi connectivity index (χ4n) is 1.47. The molecular formula is C14H15NO5. The summed E-state index contributed by atoms with van der Waals surface area (Å²) in [4.78, 5) is 45.1. The van der Waals surface area contributed by atoms with Crippen LogP contribution in [0.15, 0.2) is 24.3 Å². The van der Waals surface area contributed by atoms with Gasteiger partial charge in [-0.2, -0.15) is 0 Å². The van der Waals surface area contributed by atoms with E-state index in [0.717, 1.165) is 0 Å². The van der Waals surface area contributed by atoms with Gasteiger partial charge in [0.05, 0.1) is 13.0 Å². The smallest absolute Gasteiger partial charge is 0.375 e. The molecule has 20 heavy (non-hydrogen) atoms. The number of benzene rings is 1. The molecular weight excluding hydrogens is 262 g/mol. The first-order valence-corrected chi connectivity index (χ1v) is 6.04. The molecule has 1 rings (SSSR count). The molecule has 1 aromatic carbocycles. The van der Waals surface area contributed by atoms with Crippen molar-refractivity contribution >= 4 is 29.1 Å². The number of hydrogen-bond acceptors (Lipinski definition) is 5. The van der Waals surface area contributed by atoms with Crippen molar-refractivity contribution in [2.45, 2.75) is 20.3 Å². The van der Waals surface area contributed by atoms with Crippen LogP contribution < -0.4 is 5.32 Å². The highest BCUT2D eigenvalue weighted by atomic mass is 16.5. The Morgan fingerprint density at radius 1 is 1.10 bits per heavy atom. The van der Waals surface area contributed by atoms with E-state index in [0.29, 0.717) is 5.69 Å². The molecule has 6 nitrogen and oxygen atoms in total. The Balaban J connectivity index is 2.66. The van der Waals surface area contributed by atoms with Crippen LogP contribution in [0.5, 0.6) is 0 Å². The van der Waals surface area contributed by atoms with Gasteiger partial charge in [0.15, 0.2) is 5.78 Å². The third-order valence-electron chi connectivity index (χ3n) is 2.35. The highest BCUT2D eigenvalue weighted by molar-refractivity contribution is 6.38. The molecule has 0 saturated heterocycles. The average molecular weight is 277 g/mol. The predicted octanol–water partition coefficient (Wildman–Crippen LogP) is 1.35. The van der Waals surface area contributed by atoms with E-state index >= 15 is 0 Å². The van der Waals surface area contributed by atoms with Crippen LogP contribution in [-0.2, 0) is 19.1 Å². The number of Topliss-reactive ketones (excluding diaryl/α,β-unsaturated/α-hetero) is 2. The molecule has 0 spiro atoms. The number of ether oxygens (including phenoxy) is 1. The van der Waals surface area contributed by atoms with Gasteiger partial charge in [-0.05, 0) is 31.2 Å². The van der Waals surface area contributed by atoms with Gasteiger partial charge in [0.25, 0.3) is 0 Å². The minimum Gasteiger partial charge on any atom is -0.460 e. The molecule has 1 N–H and O–H groups in total. The van der Waals surface area contributed by atoms with E-state index in [1.54, 1.807) is 19.1 Å². The Morgan fingerprint density at radius 3 is 2.20 bits per heavy atom. The van der Waals surface area contributed by atoms with Gasteiger partial charge >= 0.3 is 5.97 Å². The SMILES string of the molecule is CCOC(=O)C(=O)CC(=O)c1ccc(NC(C)=O)cc1. The number of amides is 1. The van der Waals surface area contributed by atoms with E-state index in [-0.39, 0.29) is 18.1 Å². The topological polar surface area (TPSA) is 89.5 Å². The lowest BCUT2D eigenvalue weighted by Gasteiger charge is -2.04. The number of hydrogen-bond donors (Lipinski definition) is 1. The third kappa shape index (κ3) is 4.64. The maximum absolute atomic E-state index is 11.8. The van der Waals surface area contributed by atoms with Gasteiger partial charge in [-0.1, -0.05) is 0 Å². The second-order valence-corrected chi connectivity index (χ2v) is 4.00. The van der Waals surface area contributed by atoms with Crippen LogP contribution in [0.4, 0.5) is 5.69 Å². The number of anilines is 1. The minimum atomic E-state index is -1.00. The number of nitrogens with one attached hydrogen (secondary N) is 1. The van der Waals surface area contributed by atoms with E-state index < -0.39 is 24.0 Å². The molecule has 0 heterocycles. The van der Waals surface area contributed by atoms with Crippen LogP contribution in [0.2, 0.25) is 0 Å². The van der Waals surface area contributed by atoms with Crippen molar-refractivity contribution in [3.63, 3.8) is 0 Å². The lowest BCUT2D eigenvalue weighted by atomic mass is 10.1. The monoisotopic (exact) mass is 277 g/mol. The van der Waals surface area contributed by atoms with Crippen molar-refractivity contribution in [2.75, 3.05) is 11.9 Å². The molecule has 0 bridgehead atoms. The molecule has 0 unspecified atom stereocenters. The Labute approximate surface area is 116 Å². The molecule has 0 aliphatic rings. The highest BCUT2D eigenvalue weighted by Crippen LogP contribution is 2.11. The summed E-state index contributed by atoms with van der Waals surface area (Å²) in [6.45, 7) is 3.04. The summed E-state index contributed by atoms with van der Waals surface area (Å²) < 4.78 is 4.52. The normalized spacial score (nSPS) is 9.70.